The lowest BCUT2D eigenvalue weighted by Gasteiger charge is -2.45. The van der Waals surface area contributed by atoms with Gasteiger partial charge >= 0.3 is 5.97 Å². The van der Waals surface area contributed by atoms with E-state index in [0.29, 0.717) is 23.1 Å². The molecule has 1 aliphatic carbocycles. The van der Waals surface area contributed by atoms with Crippen LogP contribution in [0.1, 0.15) is 54.3 Å². The van der Waals surface area contributed by atoms with Gasteiger partial charge in [0.05, 0.1) is 24.4 Å². The third-order valence-corrected chi connectivity index (χ3v) is 6.00. The van der Waals surface area contributed by atoms with Crippen molar-refractivity contribution in [2.75, 3.05) is 17.3 Å². The molecule has 1 saturated carbocycles. The molecule has 7 nitrogen and oxygen atoms in total. The van der Waals surface area contributed by atoms with Crippen LogP contribution in [0.25, 0.3) is 0 Å². The van der Waals surface area contributed by atoms with Crippen molar-refractivity contribution >= 4 is 23.5 Å². The van der Waals surface area contributed by atoms with Crippen molar-refractivity contribution in [3.05, 3.63) is 47.0 Å². The predicted molar refractivity (Wildman–Crippen MR) is 110 cm³/mol. The number of ether oxygens (including phenoxy) is 1. The van der Waals surface area contributed by atoms with Crippen LogP contribution in [0.5, 0.6) is 0 Å². The summed E-state index contributed by atoms with van der Waals surface area (Å²) in [5.41, 5.74) is 1.79. The smallest absolute Gasteiger partial charge is 0.340 e. The highest BCUT2D eigenvalue weighted by molar-refractivity contribution is 5.96. The number of amides is 1. The number of aromatic nitrogens is 2. The van der Waals surface area contributed by atoms with E-state index in [1.54, 1.807) is 17.2 Å². The number of hydrogen-bond acceptors (Lipinski definition) is 6. The van der Waals surface area contributed by atoms with Crippen molar-refractivity contribution in [1.29, 1.82) is 0 Å². The van der Waals surface area contributed by atoms with E-state index < -0.39 is 11.8 Å². The number of anilines is 2. The zero-order valence-electron chi connectivity index (χ0n) is 17.5. The van der Waals surface area contributed by atoms with Crippen LogP contribution in [-0.4, -0.2) is 35.0 Å². The molecule has 0 radical (unpaired) electrons. The predicted octanol–water partition coefficient (Wildman–Crippen LogP) is 3.65. The molecule has 1 amide bonds. The van der Waals surface area contributed by atoms with E-state index in [1.807, 2.05) is 6.92 Å². The van der Waals surface area contributed by atoms with Gasteiger partial charge in [-0.15, -0.1) is 0 Å². The standard InChI is InChI=1S/C22H25FN4O3/c1-11-7-8-24-22(25-11)26-19-12(2)20(14-5-6-14)27(13(3)28)18-10-17(23)15(9-16(18)19)21(29)30-4/h7-10,12,14,19-20H,5-6H2,1-4H3,(H,24,25,26)/t12-,19?,20?/m1/s1. The number of fused-ring (bicyclic) bond motifs is 1. The fourth-order valence-electron chi connectivity index (χ4n) is 4.50. The zero-order chi connectivity index (χ0) is 21.6. The van der Waals surface area contributed by atoms with Crippen molar-refractivity contribution in [3.8, 4) is 0 Å². The number of nitrogens with zero attached hydrogens (tertiary/aromatic N) is 3. The second-order valence-corrected chi connectivity index (χ2v) is 8.10. The first-order chi connectivity index (χ1) is 14.3. The van der Waals surface area contributed by atoms with Gasteiger partial charge in [0.2, 0.25) is 11.9 Å². The van der Waals surface area contributed by atoms with Gasteiger partial charge in [0.15, 0.2) is 0 Å². The average Bonchev–Trinajstić information content (AvgIpc) is 3.53. The fraction of sp³-hybridized carbons (Fsp3) is 0.455. The van der Waals surface area contributed by atoms with E-state index in [1.165, 1.54) is 26.2 Å². The quantitative estimate of drug-likeness (QED) is 0.772. The highest BCUT2D eigenvalue weighted by atomic mass is 19.1. The SMILES string of the molecule is COC(=O)c1cc2c(cc1F)N(C(C)=O)C(C1CC1)[C@H](C)C2Nc1nccc(C)n1. The van der Waals surface area contributed by atoms with Crippen LogP contribution in [0.2, 0.25) is 0 Å². The summed E-state index contributed by atoms with van der Waals surface area (Å²) in [6.45, 7) is 5.44. The fourth-order valence-corrected chi connectivity index (χ4v) is 4.50. The summed E-state index contributed by atoms with van der Waals surface area (Å²) >= 11 is 0. The molecule has 2 heterocycles. The molecule has 4 rings (SSSR count). The van der Waals surface area contributed by atoms with Crippen molar-refractivity contribution in [2.24, 2.45) is 11.8 Å². The van der Waals surface area contributed by atoms with Gasteiger partial charge in [0.25, 0.3) is 0 Å². The Morgan fingerprint density at radius 2 is 2.03 bits per heavy atom. The molecule has 158 valence electrons. The molecule has 1 aliphatic heterocycles. The molecule has 3 atom stereocenters. The number of aryl methyl sites for hydroxylation is 1. The van der Waals surface area contributed by atoms with Crippen molar-refractivity contribution in [3.63, 3.8) is 0 Å². The van der Waals surface area contributed by atoms with Crippen LogP contribution < -0.4 is 10.2 Å². The van der Waals surface area contributed by atoms with E-state index >= 15 is 0 Å². The van der Waals surface area contributed by atoms with E-state index in [-0.39, 0.29) is 29.5 Å². The largest absolute Gasteiger partial charge is 0.465 e. The molecule has 2 aliphatic rings. The molecule has 1 N–H and O–H groups in total. The summed E-state index contributed by atoms with van der Waals surface area (Å²) in [6, 6.07) is 4.20. The first kappa shape index (κ1) is 20.3. The first-order valence-corrected chi connectivity index (χ1v) is 10.1. The maximum absolute atomic E-state index is 14.8. The van der Waals surface area contributed by atoms with Crippen LogP contribution in [0.3, 0.4) is 0 Å². The summed E-state index contributed by atoms with van der Waals surface area (Å²) in [5, 5.41) is 3.37. The molecular weight excluding hydrogens is 387 g/mol. The monoisotopic (exact) mass is 412 g/mol. The number of hydrogen-bond donors (Lipinski definition) is 1. The number of esters is 1. The molecule has 0 bridgehead atoms. The Morgan fingerprint density at radius 3 is 2.63 bits per heavy atom. The van der Waals surface area contributed by atoms with Crippen LogP contribution in [0.4, 0.5) is 16.0 Å². The summed E-state index contributed by atoms with van der Waals surface area (Å²) in [7, 11) is 1.21. The highest BCUT2D eigenvalue weighted by Crippen LogP contribution is 2.50. The van der Waals surface area contributed by atoms with Crippen LogP contribution in [-0.2, 0) is 9.53 Å². The second-order valence-electron chi connectivity index (χ2n) is 8.10. The molecule has 2 aromatic rings. The van der Waals surface area contributed by atoms with E-state index in [4.69, 9.17) is 4.74 Å². The third kappa shape index (κ3) is 3.51. The molecular formula is C22H25FN4O3. The Labute approximate surface area is 174 Å². The van der Waals surface area contributed by atoms with Crippen molar-refractivity contribution < 1.29 is 18.7 Å². The number of halogens is 1. The van der Waals surface area contributed by atoms with Gasteiger partial charge in [0.1, 0.15) is 5.82 Å². The van der Waals surface area contributed by atoms with Gasteiger partial charge in [-0.2, -0.15) is 0 Å². The van der Waals surface area contributed by atoms with E-state index in [2.05, 4.69) is 22.2 Å². The number of rotatable bonds is 4. The molecule has 0 saturated heterocycles. The summed E-state index contributed by atoms with van der Waals surface area (Å²) in [6.07, 6.45) is 3.73. The Bertz CT molecular complexity index is 1010. The minimum atomic E-state index is -0.757. The summed E-state index contributed by atoms with van der Waals surface area (Å²) in [5.74, 6) is -0.797. The van der Waals surface area contributed by atoms with Gasteiger partial charge in [0, 0.05) is 30.8 Å². The Kier molecular flexibility index (Phi) is 5.17. The molecule has 30 heavy (non-hydrogen) atoms. The van der Waals surface area contributed by atoms with Gasteiger partial charge in [-0.05, 0) is 49.4 Å². The topological polar surface area (TPSA) is 84.4 Å². The van der Waals surface area contributed by atoms with E-state index in [9.17, 15) is 14.0 Å². The average molecular weight is 412 g/mol. The summed E-state index contributed by atoms with van der Waals surface area (Å²) < 4.78 is 19.6. The number of nitrogens with one attached hydrogen (secondary N) is 1. The zero-order valence-corrected chi connectivity index (χ0v) is 17.5. The van der Waals surface area contributed by atoms with Crippen LogP contribution in [0.15, 0.2) is 24.4 Å². The van der Waals surface area contributed by atoms with Gasteiger partial charge in [-0.1, -0.05) is 6.92 Å². The Balaban J connectivity index is 1.87. The van der Waals surface area contributed by atoms with Gasteiger partial charge in [-0.25, -0.2) is 19.2 Å². The third-order valence-electron chi connectivity index (χ3n) is 6.00. The lowest BCUT2D eigenvalue weighted by molar-refractivity contribution is -0.117. The highest BCUT2D eigenvalue weighted by Gasteiger charge is 2.48. The van der Waals surface area contributed by atoms with Crippen LogP contribution >= 0.6 is 0 Å². The summed E-state index contributed by atoms with van der Waals surface area (Å²) in [4.78, 5) is 35.2. The molecule has 8 heteroatoms. The molecule has 1 aromatic heterocycles. The molecule has 2 unspecified atom stereocenters. The van der Waals surface area contributed by atoms with Crippen LogP contribution in [0, 0.1) is 24.6 Å². The minimum Gasteiger partial charge on any atom is -0.465 e. The number of benzene rings is 1. The lowest BCUT2D eigenvalue weighted by atomic mass is 9.79. The van der Waals surface area contributed by atoms with Gasteiger partial charge in [-0.3, -0.25) is 4.79 Å². The van der Waals surface area contributed by atoms with Crippen molar-refractivity contribution in [1.82, 2.24) is 9.97 Å². The number of carbonyl (C=O) groups excluding carboxylic acids is 2. The Hall–Kier alpha value is -3.03. The molecule has 1 aromatic carbocycles. The van der Waals surface area contributed by atoms with Crippen molar-refractivity contribution in [2.45, 2.75) is 45.7 Å². The Morgan fingerprint density at radius 1 is 1.30 bits per heavy atom. The maximum atomic E-state index is 14.8. The molecule has 0 spiro atoms. The maximum Gasteiger partial charge on any atom is 0.340 e. The lowest BCUT2D eigenvalue weighted by Crippen LogP contribution is -2.51. The minimum absolute atomic E-state index is 0.00558. The normalized spacial score (nSPS) is 23.0. The first-order valence-electron chi connectivity index (χ1n) is 10.1. The van der Waals surface area contributed by atoms with Gasteiger partial charge < -0.3 is 15.0 Å². The van der Waals surface area contributed by atoms with E-state index in [0.717, 1.165) is 18.5 Å². The number of carbonyl (C=O) groups is 2. The number of methoxy groups -OCH3 is 1. The second kappa shape index (κ2) is 7.66. The molecule has 1 fully saturated rings.